The Labute approximate surface area is 129 Å². The van der Waals surface area contributed by atoms with Crippen LogP contribution >= 0.6 is 0 Å². The summed E-state index contributed by atoms with van der Waals surface area (Å²) in [6.07, 6.45) is 0.380. The number of carbonyl (C=O) groups is 3. The highest BCUT2D eigenvalue weighted by Crippen LogP contribution is 2.08. The van der Waals surface area contributed by atoms with E-state index in [1.54, 1.807) is 13.8 Å². The summed E-state index contributed by atoms with van der Waals surface area (Å²) in [4.78, 5) is 35.4. The molecule has 1 rings (SSSR count). The number of carboxylic acids is 1. The van der Waals surface area contributed by atoms with E-state index in [-0.39, 0.29) is 17.9 Å². The minimum Gasteiger partial charge on any atom is -0.480 e. The number of carbonyl (C=O) groups excluding carboxylic acids is 2. The van der Waals surface area contributed by atoms with Crippen LogP contribution in [-0.2, 0) is 14.4 Å². The van der Waals surface area contributed by atoms with Crippen LogP contribution in [0.4, 0.5) is 0 Å². The first-order valence-electron chi connectivity index (χ1n) is 7.49. The van der Waals surface area contributed by atoms with Gasteiger partial charge in [0.1, 0.15) is 6.04 Å². The standard InChI is InChI=1S/C14H25N3O5/c1-7(2)10(16-12(19)9-5-4-6-15-9)13(20)17-11(8(3)18)14(21)22/h7-11,15,18H,4-6H2,1-3H3,(H,16,19)(H,17,20)(H,21,22)/t8-,9+,10+,11+/m1/s1. The van der Waals surface area contributed by atoms with E-state index in [0.717, 1.165) is 13.0 Å². The molecule has 8 nitrogen and oxygen atoms in total. The average Bonchev–Trinajstić information content (AvgIpc) is 2.94. The SMILES string of the molecule is CC(C)[C@H](NC(=O)[C@@H]1CCCN1)C(=O)N[C@H](C(=O)O)[C@@H](C)O. The molecule has 0 spiro atoms. The number of amides is 2. The second kappa shape index (κ2) is 8.09. The van der Waals surface area contributed by atoms with Gasteiger partial charge in [-0.1, -0.05) is 13.8 Å². The molecule has 0 aliphatic carbocycles. The van der Waals surface area contributed by atoms with Crippen molar-refractivity contribution < 1.29 is 24.6 Å². The summed E-state index contributed by atoms with van der Waals surface area (Å²) in [5.41, 5.74) is 0. The molecule has 1 saturated heterocycles. The predicted octanol–water partition coefficient (Wildman–Crippen LogP) is -1.17. The van der Waals surface area contributed by atoms with Crippen LogP contribution in [0.25, 0.3) is 0 Å². The third-order valence-corrected chi connectivity index (χ3v) is 3.67. The van der Waals surface area contributed by atoms with Crippen molar-refractivity contribution in [3.05, 3.63) is 0 Å². The lowest BCUT2D eigenvalue weighted by Gasteiger charge is -2.26. The molecule has 1 aliphatic rings. The predicted molar refractivity (Wildman–Crippen MR) is 79.0 cm³/mol. The molecule has 0 radical (unpaired) electrons. The quantitative estimate of drug-likeness (QED) is 0.403. The average molecular weight is 315 g/mol. The Morgan fingerprint density at radius 2 is 1.77 bits per heavy atom. The Balaban J connectivity index is 2.70. The molecule has 0 bridgehead atoms. The first-order valence-corrected chi connectivity index (χ1v) is 7.49. The summed E-state index contributed by atoms with van der Waals surface area (Å²) < 4.78 is 0. The molecule has 1 aliphatic heterocycles. The van der Waals surface area contributed by atoms with E-state index in [2.05, 4.69) is 16.0 Å². The molecule has 1 fully saturated rings. The Morgan fingerprint density at radius 3 is 2.18 bits per heavy atom. The van der Waals surface area contributed by atoms with Gasteiger partial charge in [0, 0.05) is 0 Å². The minimum atomic E-state index is -1.41. The van der Waals surface area contributed by atoms with Gasteiger partial charge in [-0.15, -0.1) is 0 Å². The fourth-order valence-electron chi connectivity index (χ4n) is 2.33. The van der Waals surface area contributed by atoms with Crippen molar-refractivity contribution in [3.8, 4) is 0 Å². The number of carboxylic acid groups (broad SMARTS) is 1. The monoisotopic (exact) mass is 315 g/mol. The highest BCUT2D eigenvalue weighted by atomic mass is 16.4. The molecular formula is C14H25N3O5. The number of hydrogen-bond donors (Lipinski definition) is 5. The van der Waals surface area contributed by atoms with Crippen LogP contribution in [0.15, 0.2) is 0 Å². The first-order chi connectivity index (χ1) is 10.2. The number of nitrogens with one attached hydrogen (secondary N) is 3. The summed E-state index contributed by atoms with van der Waals surface area (Å²) in [7, 11) is 0. The molecule has 0 aromatic heterocycles. The smallest absolute Gasteiger partial charge is 0.328 e. The van der Waals surface area contributed by atoms with Gasteiger partial charge in [-0.25, -0.2) is 4.79 Å². The van der Waals surface area contributed by atoms with Gasteiger partial charge >= 0.3 is 5.97 Å². The van der Waals surface area contributed by atoms with Gasteiger partial charge in [0.05, 0.1) is 12.1 Å². The maximum Gasteiger partial charge on any atom is 0.328 e. The van der Waals surface area contributed by atoms with Crippen molar-refractivity contribution >= 4 is 17.8 Å². The molecule has 0 aromatic carbocycles. The molecule has 5 N–H and O–H groups in total. The highest BCUT2D eigenvalue weighted by Gasteiger charge is 2.32. The molecule has 1 heterocycles. The van der Waals surface area contributed by atoms with Crippen molar-refractivity contribution in [2.45, 2.75) is 57.8 Å². The molecular weight excluding hydrogens is 290 g/mol. The van der Waals surface area contributed by atoms with Crippen molar-refractivity contribution in [1.82, 2.24) is 16.0 Å². The Morgan fingerprint density at radius 1 is 1.14 bits per heavy atom. The van der Waals surface area contributed by atoms with Gasteiger partial charge in [-0.05, 0) is 32.2 Å². The van der Waals surface area contributed by atoms with Crippen molar-refractivity contribution in [1.29, 1.82) is 0 Å². The third-order valence-electron chi connectivity index (χ3n) is 3.67. The zero-order valence-corrected chi connectivity index (χ0v) is 13.1. The van der Waals surface area contributed by atoms with Gasteiger partial charge < -0.3 is 26.2 Å². The van der Waals surface area contributed by atoms with Crippen LogP contribution in [0.1, 0.15) is 33.6 Å². The third kappa shape index (κ3) is 4.96. The summed E-state index contributed by atoms with van der Waals surface area (Å²) in [5.74, 6) is -2.42. The Bertz CT molecular complexity index is 419. The van der Waals surface area contributed by atoms with Crippen molar-refractivity contribution in [3.63, 3.8) is 0 Å². The molecule has 0 aromatic rings. The van der Waals surface area contributed by atoms with Crippen molar-refractivity contribution in [2.24, 2.45) is 5.92 Å². The summed E-state index contributed by atoms with van der Waals surface area (Å²) in [6.45, 7) is 5.56. The maximum atomic E-state index is 12.2. The van der Waals surface area contributed by atoms with Gasteiger partial charge in [0.25, 0.3) is 0 Å². The van der Waals surface area contributed by atoms with Crippen molar-refractivity contribution in [2.75, 3.05) is 6.54 Å². The second-order valence-electron chi connectivity index (χ2n) is 5.94. The fraction of sp³-hybridized carbons (Fsp3) is 0.786. The van der Waals surface area contributed by atoms with E-state index in [0.29, 0.717) is 6.42 Å². The molecule has 0 saturated carbocycles. The Hall–Kier alpha value is -1.67. The van der Waals surface area contributed by atoms with E-state index in [1.165, 1.54) is 6.92 Å². The molecule has 8 heteroatoms. The topological polar surface area (TPSA) is 128 Å². The van der Waals surface area contributed by atoms with E-state index in [9.17, 15) is 19.5 Å². The summed E-state index contributed by atoms with van der Waals surface area (Å²) >= 11 is 0. The number of aliphatic carboxylic acids is 1. The molecule has 4 atom stereocenters. The van der Waals surface area contributed by atoms with Gasteiger partial charge in [0.2, 0.25) is 11.8 Å². The number of rotatable bonds is 7. The van der Waals surface area contributed by atoms with E-state index in [4.69, 9.17) is 5.11 Å². The van der Waals surface area contributed by atoms with E-state index >= 15 is 0 Å². The fourth-order valence-corrected chi connectivity index (χ4v) is 2.33. The van der Waals surface area contributed by atoms with Gasteiger partial charge in [-0.3, -0.25) is 9.59 Å². The second-order valence-corrected chi connectivity index (χ2v) is 5.94. The zero-order valence-electron chi connectivity index (χ0n) is 13.1. The van der Waals surface area contributed by atoms with E-state index in [1.807, 2.05) is 0 Å². The van der Waals surface area contributed by atoms with Gasteiger partial charge in [-0.2, -0.15) is 0 Å². The lowest BCUT2D eigenvalue weighted by molar-refractivity contribution is -0.145. The largest absolute Gasteiger partial charge is 0.480 e. The van der Waals surface area contributed by atoms with Crippen LogP contribution in [0.5, 0.6) is 0 Å². The van der Waals surface area contributed by atoms with Crippen LogP contribution in [0.3, 0.4) is 0 Å². The highest BCUT2D eigenvalue weighted by molar-refractivity contribution is 5.92. The van der Waals surface area contributed by atoms with E-state index < -0.39 is 30.1 Å². The minimum absolute atomic E-state index is 0.214. The number of hydrogen-bond acceptors (Lipinski definition) is 5. The normalized spacial score (nSPS) is 22.0. The molecule has 0 unspecified atom stereocenters. The van der Waals surface area contributed by atoms with Crippen LogP contribution in [0.2, 0.25) is 0 Å². The van der Waals surface area contributed by atoms with Crippen LogP contribution in [-0.4, -0.2) is 58.8 Å². The number of aliphatic hydroxyl groups excluding tert-OH is 1. The van der Waals surface area contributed by atoms with Crippen LogP contribution in [0, 0.1) is 5.92 Å². The molecule has 126 valence electrons. The lowest BCUT2D eigenvalue weighted by atomic mass is 10.0. The number of aliphatic hydroxyl groups is 1. The zero-order chi connectivity index (χ0) is 16.9. The lowest BCUT2D eigenvalue weighted by Crippen LogP contribution is -2.58. The maximum absolute atomic E-state index is 12.2. The van der Waals surface area contributed by atoms with Gasteiger partial charge in [0.15, 0.2) is 6.04 Å². The first kappa shape index (κ1) is 18.4. The molecule has 2 amide bonds. The summed E-state index contributed by atoms with van der Waals surface area (Å²) in [6, 6.07) is -2.58. The molecule has 22 heavy (non-hydrogen) atoms. The summed E-state index contributed by atoms with van der Waals surface area (Å²) in [5, 5.41) is 26.4. The van der Waals surface area contributed by atoms with Crippen LogP contribution < -0.4 is 16.0 Å². The Kier molecular flexibility index (Phi) is 6.76.